The Hall–Kier alpha value is -1.06. The third-order valence-corrected chi connectivity index (χ3v) is 4.15. The van der Waals surface area contributed by atoms with Crippen molar-refractivity contribution in [2.24, 2.45) is 0 Å². The molecule has 0 aliphatic heterocycles. The van der Waals surface area contributed by atoms with E-state index in [4.69, 9.17) is 4.74 Å². The van der Waals surface area contributed by atoms with E-state index in [-0.39, 0.29) is 0 Å². The number of nitrogens with one attached hydrogen (secondary N) is 1. The molecule has 0 bridgehead atoms. The molecule has 0 radical (unpaired) electrons. The Bertz CT molecular complexity index is 373. The summed E-state index contributed by atoms with van der Waals surface area (Å²) in [5.74, 6) is 0. The largest absolute Gasteiger partial charge is 0.383 e. The summed E-state index contributed by atoms with van der Waals surface area (Å²) < 4.78 is 5.28. The lowest BCUT2D eigenvalue weighted by molar-refractivity contribution is 0.202. The zero-order chi connectivity index (χ0) is 15.7. The maximum atomic E-state index is 5.28. The quantitative estimate of drug-likeness (QED) is 0.705. The Morgan fingerprint density at radius 3 is 2.19 bits per heavy atom. The molecule has 0 aliphatic carbocycles. The first kappa shape index (κ1) is 18.0. The fraction of sp³-hybridized carbons (Fsp3) is 0.667. The standard InChI is InChI=1S/C18H32N2O/c1-6-17(7-2)20(13-14-21-5)18-11-9-16(10-12-18)15(4)19-8-3/h9-12,15,17,19H,6-8,13-14H2,1-5H3. The fourth-order valence-electron chi connectivity index (χ4n) is 2.82. The molecule has 0 spiro atoms. The third kappa shape index (κ3) is 5.33. The van der Waals surface area contributed by atoms with E-state index in [9.17, 15) is 0 Å². The maximum Gasteiger partial charge on any atom is 0.0637 e. The van der Waals surface area contributed by atoms with Crippen molar-refractivity contribution < 1.29 is 4.74 Å². The van der Waals surface area contributed by atoms with E-state index in [0.29, 0.717) is 12.1 Å². The van der Waals surface area contributed by atoms with Gasteiger partial charge in [-0.3, -0.25) is 0 Å². The maximum absolute atomic E-state index is 5.28. The van der Waals surface area contributed by atoms with Crippen LogP contribution in [0.4, 0.5) is 5.69 Å². The summed E-state index contributed by atoms with van der Waals surface area (Å²) in [6.45, 7) is 11.6. The zero-order valence-corrected chi connectivity index (χ0v) is 14.4. The number of rotatable bonds is 10. The van der Waals surface area contributed by atoms with Crippen LogP contribution in [-0.4, -0.2) is 32.8 Å². The molecule has 0 saturated heterocycles. The van der Waals surface area contributed by atoms with Gasteiger partial charge >= 0.3 is 0 Å². The van der Waals surface area contributed by atoms with Crippen LogP contribution in [0.1, 0.15) is 52.1 Å². The van der Waals surface area contributed by atoms with Crippen LogP contribution in [0.25, 0.3) is 0 Å². The second kappa shape index (κ2) is 9.80. The molecule has 1 atom stereocenters. The predicted molar refractivity (Wildman–Crippen MR) is 92.1 cm³/mol. The van der Waals surface area contributed by atoms with Gasteiger partial charge < -0.3 is 15.0 Å². The van der Waals surface area contributed by atoms with Crippen LogP contribution >= 0.6 is 0 Å². The number of ether oxygens (including phenoxy) is 1. The normalized spacial score (nSPS) is 12.7. The van der Waals surface area contributed by atoms with Gasteiger partial charge in [0.15, 0.2) is 0 Å². The van der Waals surface area contributed by atoms with E-state index in [1.165, 1.54) is 11.3 Å². The summed E-state index contributed by atoms with van der Waals surface area (Å²) in [4.78, 5) is 2.48. The third-order valence-electron chi connectivity index (χ3n) is 4.15. The van der Waals surface area contributed by atoms with Gasteiger partial charge in [0.1, 0.15) is 0 Å². The van der Waals surface area contributed by atoms with E-state index in [0.717, 1.165) is 32.5 Å². The van der Waals surface area contributed by atoms with Crippen molar-refractivity contribution in [2.75, 3.05) is 31.7 Å². The van der Waals surface area contributed by atoms with E-state index >= 15 is 0 Å². The van der Waals surface area contributed by atoms with Crippen molar-refractivity contribution in [3.05, 3.63) is 29.8 Å². The number of nitrogens with zero attached hydrogens (tertiary/aromatic N) is 1. The lowest BCUT2D eigenvalue weighted by Gasteiger charge is -2.32. The van der Waals surface area contributed by atoms with Crippen LogP contribution in [0.5, 0.6) is 0 Å². The lowest BCUT2D eigenvalue weighted by atomic mass is 10.1. The molecule has 21 heavy (non-hydrogen) atoms. The monoisotopic (exact) mass is 292 g/mol. The minimum atomic E-state index is 0.407. The molecule has 0 aliphatic rings. The first-order chi connectivity index (χ1) is 10.2. The van der Waals surface area contributed by atoms with Crippen molar-refractivity contribution in [3.8, 4) is 0 Å². The first-order valence-electron chi connectivity index (χ1n) is 8.26. The molecule has 120 valence electrons. The molecule has 0 amide bonds. The Kier molecular flexibility index (Phi) is 8.40. The number of anilines is 1. The molecule has 1 unspecified atom stereocenters. The van der Waals surface area contributed by atoms with Crippen LogP contribution in [0.3, 0.4) is 0 Å². The lowest BCUT2D eigenvalue weighted by Crippen LogP contribution is -2.37. The summed E-state index contributed by atoms with van der Waals surface area (Å²) in [5.41, 5.74) is 2.64. The zero-order valence-electron chi connectivity index (χ0n) is 14.4. The van der Waals surface area contributed by atoms with Crippen molar-refractivity contribution in [1.82, 2.24) is 5.32 Å². The van der Waals surface area contributed by atoms with E-state index in [2.05, 4.69) is 62.2 Å². The number of hydrogen-bond acceptors (Lipinski definition) is 3. The molecule has 0 aromatic heterocycles. The topological polar surface area (TPSA) is 24.5 Å². The minimum Gasteiger partial charge on any atom is -0.383 e. The van der Waals surface area contributed by atoms with Gasteiger partial charge in [-0.2, -0.15) is 0 Å². The fourth-order valence-corrected chi connectivity index (χ4v) is 2.82. The van der Waals surface area contributed by atoms with Gasteiger partial charge in [0, 0.05) is 31.4 Å². The highest BCUT2D eigenvalue weighted by molar-refractivity contribution is 5.49. The van der Waals surface area contributed by atoms with Crippen molar-refractivity contribution in [1.29, 1.82) is 0 Å². The summed E-state index contributed by atoms with van der Waals surface area (Å²) in [6, 6.07) is 9.96. The van der Waals surface area contributed by atoms with Gasteiger partial charge in [0.2, 0.25) is 0 Å². The van der Waals surface area contributed by atoms with Crippen LogP contribution in [0.2, 0.25) is 0 Å². The number of benzene rings is 1. The molecular weight excluding hydrogens is 260 g/mol. The van der Waals surface area contributed by atoms with Crippen molar-refractivity contribution in [2.45, 2.75) is 52.6 Å². The van der Waals surface area contributed by atoms with Crippen molar-refractivity contribution in [3.63, 3.8) is 0 Å². The summed E-state index contributed by atoms with van der Waals surface area (Å²) in [5, 5.41) is 3.46. The Morgan fingerprint density at radius 2 is 1.71 bits per heavy atom. The molecular formula is C18H32N2O. The summed E-state index contributed by atoms with van der Waals surface area (Å²) in [7, 11) is 1.77. The highest BCUT2D eigenvalue weighted by Gasteiger charge is 2.15. The number of methoxy groups -OCH3 is 1. The van der Waals surface area contributed by atoms with Crippen LogP contribution in [0, 0.1) is 0 Å². The van der Waals surface area contributed by atoms with E-state index in [1.807, 2.05) is 0 Å². The SMILES string of the molecule is CCNC(C)c1ccc(N(CCOC)C(CC)CC)cc1. The molecule has 0 saturated carbocycles. The van der Waals surface area contributed by atoms with Gasteiger partial charge in [-0.15, -0.1) is 0 Å². The molecule has 1 aromatic rings. The van der Waals surface area contributed by atoms with Gasteiger partial charge in [-0.1, -0.05) is 32.9 Å². The highest BCUT2D eigenvalue weighted by Crippen LogP contribution is 2.23. The minimum absolute atomic E-state index is 0.407. The Labute approximate surface area is 130 Å². The molecule has 1 aromatic carbocycles. The number of hydrogen-bond donors (Lipinski definition) is 1. The molecule has 0 fully saturated rings. The van der Waals surface area contributed by atoms with Crippen molar-refractivity contribution >= 4 is 5.69 Å². The van der Waals surface area contributed by atoms with Crippen LogP contribution < -0.4 is 10.2 Å². The van der Waals surface area contributed by atoms with Crippen LogP contribution in [-0.2, 0) is 4.74 Å². The van der Waals surface area contributed by atoms with Gasteiger partial charge in [0.05, 0.1) is 6.61 Å². The predicted octanol–water partition coefficient (Wildman–Crippen LogP) is 4.00. The molecule has 1 N–H and O–H groups in total. The van der Waals surface area contributed by atoms with Gasteiger partial charge in [-0.25, -0.2) is 0 Å². The van der Waals surface area contributed by atoms with Gasteiger partial charge in [-0.05, 0) is 44.0 Å². The molecule has 1 rings (SSSR count). The summed E-state index contributed by atoms with van der Waals surface area (Å²) >= 11 is 0. The van der Waals surface area contributed by atoms with Gasteiger partial charge in [0.25, 0.3) is 0 Å². The van der Waals surface area contributed by atoms with Crippen LogP contribution in [0.15, 0.2) is 24.3 Å². The second-order valence-corrected chi connectivity index (χ2v) is 5.53. The first-order valence-corrected chi connectivity index (χ1v) is 8.26. The molecule has 0 heterocycles. The van der Waals surface area contributed by atoms with E-state index < -0.39 is 0 Å². The summed E-state index contributed by atoms with van der Waals surface area (Å²) in [6.07, 6.45) is 2.32. The Morgan fingerprint density at radius 1 is 1.10 bits per heavy atom. The Balaban J connectivity index is 2.87. The average Bonchev–Trinajstić information content (AvgIpc) is 2.52. The van der Waals surface area contributed by atoms with E-state index in [1.54, 1.807) is 7.11 Å². The molecule has 3 nitrogen and oxygen atoms in total. The molecule has 3 heteroatoms. The smallest absolute Gasteiger partial charge is 0.0637 e. The highest BCUT2D eigenvalue weighted by atomic mass is 16.5. The average molecular weight is 292 g/mol. The second-order valence-electron chi connectivity index (χ2n) is 5.53.